The van der Waals surface area contributed by atoms with Crippen LogP contribution in [0.3, 0.4) is 0 Å². The van der Waals surface area contributed by atoms with E-state index in [9.17, 15) is 4.39 Å². The quantitative estimate of drug-likeness (QED) is 0.461. The lowest BCUT2D eigenvalue weighted by Gasteiger charge is -2.21. The van der Waals surface area contributed by atoms with E-state index in [0.29, 0.717) is 11.7 Å². The van der Waals surface area contributed by atoms with Crippen LogP contribution in [0.25, 0.3) is 0 Å². The number of nitrogens with one attached hydrogen (secondary N) is 2. The lowest BCUT2D eigenvalue weighted by atomic mass is 10.2. The highest BCUT2D eigenvalue weighted by Crippen LogP contribution is 2.16. The maximum atomic E-state index is 13.6. The number of hydrogen-bond donors (Lipinski definition) is 2. The van der Waals surface area contributed by atoms with E-state index < -0.39 is 0 Å². The highest BCUT2D eigenvalue weighted by molar-refractivity contribution is 5.79. The van der Waals surface area contributed by atoms with Gasteiger partial charge in [-0.05, 0) is 31.9 Å². The van der Waals surface area contributed by atoms with E-state index in [2.05, 4.69) is 29.5 Å². The van der Waals surface area contributed by atoms with E-state index in [-0.39, 0.29) is 5.82 Å². The second kappa shape index (κ2) is 9.21. The first-order valence-corrected chi connectivity index (χ1v) is 7.51. The third-order valence-corrected chi connectivity index (χ3v) is 3.45. The minimum Gasteiger partial charge on any atom is -0.372 e. The van der Waals surface area contributed by atoms with Gasteiger partial charge in [0.1, 0.15) is 5.82 Å². The van der Waals surface area contributed by atoms with Gasteiger partial charge in [-0.25, -0.2) is 4.39 Å². The molecule has 0 saturated carbocycles. The Kier molecular flexibility index (Phi) is 7.58. The summed E-state index contributed by atoms with van der Waals surface area (Å²) in [5.41, 5.74) is 0.639. The number of benzene rings is 1. The molecule has 0 bridgehead atoms. The van der Waals surface area contributed by atoms with Crippen molar-refractivity contribution in [2.75, 3.05) is 32.1 Å². The van der Waals surface area contributed by atoms with E-state index in [0.717, 1.165) is 31.9 Å². The van der Waals surface area contributed by atoms with Gasteiger partial charge in [-0.3, -0.25) is 4.99 Å². The van der Waals surface area contributed by atoms with Crippen LogP contribution in [-0.2, 0) is 0 Å². The first kappa shape index (κ1) is 17.3. The first-order valence-electron chi connectivity index (χ1n) is 7.51. The molecule has 0 radical (unpaired) electrons. The third-order valence-electron chi connectivity index (χ3n) is 3.45. The molecule has 5 heteroatoms. The topological polar surface area (TPSA) is 39.7 Å². The molecular weight excluding hydrogens is 267 g/mol. The summed E-state index contributed by atoms with van der Waals surface area (Å²) in [6.07, 6.45) is 1.96. The molecule has 0 fully saturated rings. The molecule has 1 unspecified atom stereocenters. The fourth-order valence-electron chi connectivity index (χ4n) is 1.93. The van der Waals surface area contributed by atoms with Gasteiger partial charge in [0, 0.05) is 33.2 Å². The summed E-state index contributed by atoms with van der Waals surface area (Å²) in [5.74, 6) is 0.639. The Morgan fingerprint density at radius 1 is 1.38 bits per heavy atom. The molecule has 1 aromatic carbocycles. The normalized spacial score (nSPS) is 12.9. The molecule has 1 aromatic rings. The highest BCUT2D eigenvalue weighted by Gasteiger charge is 2.06. The average Bonchev–Trinajstić information content (AvgIpc) is 2.50. The van der Waals surface area contributed by atoms with Crippen molar-refractivity contribution < 1.29 is 4.39 Å². The van der Waals surface area contributed by atoms with Gasteiger partial charge in [0.15, 0.2) is 5.96 Å². The van der Waals surface area contributed by atoms with Crippen molar-refractivity contribution in [3.05, 3.63) is 30.1 Å². The standard InChI is InChI=1S/C16H27FN4/c1-5-13(2)20-16(18-3)19-11-8-12-21(4)15-10-7-6-9-14(15)17/h6-7,9-10,13H,5,8,11-12H2,1-4H3,(H2,18,19,20). The van der Waals surface area contributed by atoms with Crippen molar-refractivity contribution in [3.8, 4) is 0 Å². The second-order valence-electron chi connectivity index (χ2n) is 5.18. The van der Waals surface area contributed by atoms with Crippen LogP contribution >= 0.6 is 0 Å². The smallest absolute Gasteiger partial charge is 0.191 e. The van der Waals surface area contributed by atoms with Crippen LogP contribution in [0.1, 0.15) is 26.7 Å². The third kappa shape index (κ3) is 6.02. The molecule has 1 rings (SSSR count). The first-order chi connectivity index (χ1) is 10.1. The van der Waals surface area contributed by atoms with E-state index in [4.69, 9.17) is 0 Å². The molecule has 0 spiro atoms. The Bertz CT molecular complexity index is 448. The molecule has 0 aromatic heterocycles. The summed E-state index contributed by atoms with van der Waals surface area (Å²) in [5, 5.41) is 6.59. The van der Waals surface area contributed by atoms with Gasteiger partial charge in [-0.2, -0.15) is 0 Å². The Labute approximate surface area is 127 Å². The van der Waals surface area contributed by atoms with E-state index in [1.54, 1.807) is 19.2 Å². The zero-order valence-corrected chi connectivity index (χ0v) is 13.5. The maximum Gasteiger partial charge on any atom is 0.191 e. The average molecular weight is 294 g/mol. The van der Waals surface area contributed by atoms with E-state index in [1.165, 1.54) is 6.07 Å². The van der Waals surface area contributed by atoms with Gasteiger partial charge in [-0.15, -0.1) is 0 Å². The summed E-state index contributed by atoms with van der Waals surface area (Å²) < 4.78 is 13.6. The minimum absolute atomic E-state index is 0.179. The van der Waals surface area contributed by atoms with E-state index in [1.807, 2.05) is 18.0 Å². The number of hydrogen-bond acceptors (Lipinski definition) is 2. The Morgan fingerprint density at radius 2 is 2.10 bits per heavy atom. The van der Waals surface area contributed by atoms with Crippen molar-refractivity contribution in [2.24, 2.45) is 4.99 Å². The van der Waals surface area contributed by atoms with Gasteiger partial charge in [-0.1, -0.05) is 19.1 Å². The molecule has 0 saturated heterocycles. The van der Waals surface area contributed by atoms with Crippen LogP contribution in [0.4, 0.5) is 10.1 Å². The number of para-hydroxylation sites is 1. The van der Waals surface area contributed by atoms with Crippen molar-refractivity contribution in [2.45, 2.75) is 32.7 Å². The molecule has 0 amide bonds. The highest BCUT2D eigenvalue weighted by atomic mass is 19.1. The molecular formula is C16H27FN4. The largest absolute Gasteiger partial charge is 0.372 e. The van der Waals surface area contributed by atoms with Crippen molar-refractivity contribution in [3.63, 3.8) is 0 Å². The molecule has 0 heterocycles. The van der Waals surface area contributed by atoms with Crippen LogP contribution in [0.2, 0.25) is 0 Å². The zero-order chi connectivity index (χ0) is 15.7. The summed E-state index contributed by atoms with van der Waals surface area (Å²) in [6, 6.07) is 7.25. The molecule has 0 aliphatic carbocycles. The molecule has 0 aliphatic heterocycles. The summed E-state index contributed by atoms with van der Waals surface area (Å²) in [7, 11) is 3.67. The number of anilines is 1. The van der Waals surface area contributed by atoms with Gasteiger partial charge >= 0.3 is 0 Å². The van der Waals surface area contributed by atoms with Crippen LogP contribution in [0, 0.1) is 5.82 Å². The Hall–Kier alpha value is -1.78. The summed E-state index contributed by atoms with van der Waals surface area (Å²) >= 11 is 0. The van der Waals surface area contributed by atoms with Gasteiger partial charge < -0.3 is 15.5 Å². The van der Waals surface area contributed by atoms with Crippen molar-refractivity contribution >= 4 is 11.6 Å². The number of halogens is 1. The summed E-state index contributed by atoms with van der Waals surface area (Å²) in [6.45, 7) is 5.84. The van der Waals surface area contributed by atoms with Crippen LogP contribution in [0.5, 0.6) is 0 Å². The number of nitrogens with zero attached hydrogens (tertiary/aromatic N) is 2. The fourth-order valence-corrected chi connectivity index (χ4v) is 1.93. The van der Waals surface area contributed by atoms with E-state index >= 15 is 0 Å². The number of rotatable bonds is 7. The number of guanidine groups is 1. The molecule has 4 nitrogen and oxygen atoms in total. The summed E-state index contributed by atoms with van der Waals surface area (Å²) in [4.78, 5) is 6.12. The molecule has 118 valence electrons. The molecule has 21 heavy (non-hydrogen) atoms. The van der Waals surface area contributed by atoms with Crippen LogP contribution in [0.15, 0.2) is 29.3 Å². The molecule has 2 N–H and O–H groups in total. The van der Waals surface area contributed by atoms with Gasteiger partial charge in [0.2, 0.25) is 0 Å². The predicted octanol–water partition coefficient (Wildman–Crippen LogP) is 2.62. The van der Waals surface area contributed by atoms with Crippen LogP contribution in [-0.4, -0.2) is 39.2 Å². The number of aliphatic imine (C=N–C) groups is 1. The predicted molar refractivity (Wildman–Crippen MR) is 88.5 cm³/mol. The lowest BCUT2D eigenvalue weighted by molar-refractivity contribution is 0.612. The maximum absolute atomic E-state index is 13.6. The van der Waals surface area contributed by atoms with Crippen molar-refractivity contribution in [1.82, 2.24) is 10.6 Å². The van der Waals surface area contributed by atoms with Gasteiger partial charge in [0.05, 0.1) is 5.69 Å². The fraction of sp³-hybridized carbons (Fsp3) is 0.562. The minimum atomic E-state index is -0.179. The van der Waals surface area contributed by atoms with Crippen molar-refractivity contribution in [1.29, 1.82) is 0 Å². The zero-order valence-electron chi connectivity index (χ0n) is 13.5. The second-order valence-corrected chi connectivity index (χ2v) is 5.18. The SMILES string of the molecule is CCC(C)NC(=NC)NCCCN(C)c1ccccc1F. The Morgan fingerprint density at radius 3 is 2.71 bits per heavy atom. The molecule has 0 aliphatic rings. The Balaban J connectivity index is 2.32. The lowest BCUT2D eigenvalue weighted by Crippen LogP contribution is -2.42. The van der Waals surface area contributed by atoms with Gasteiger partial charge in [0.25, 0.3) is 0 Å². The molecule has 1 atom stereocenters. The van der Waals surface area contributed by atoms with Crippen LogP contribution < -0.4 is 15.5 Å². The monoisotopic (exact) mass is 294 g/mol.